The lowest BCUT2D eigenvalue weighted by molar-refractivity contribution is -0.139. The molecule has 2 aromatic rings. The van der Waals surface area contributed by atoms with E-state index in [4.69, 9.17) is 9.47 Å². The van der Waals surface area contributed by atoms with Crippen LogP contribution in [0.5, 0.6) is 0 Å². The topological polar surface area (TPSA) is 105 Å². The molecule has 3 aliphatic rings. The number of carboxylic acids is 1. The van der Waals surface area contributed by atoms with Gasteiger partial charge in [-0.05, 0) is 40.5 Å². The van der Waals surface area contributed by atoms with Gasteiger partial charge in [0.1, 0.15) is 12.6 Å². The van der Waals surface area contributed by atoms with Gasteiger partial charge in [0.05, 0.1) is 12.5 Å². The number of alkyl carbamates (subject to hydrolysis) is 1. The van der Waals surface area contributed by atoms with Crippen molar-refractivity contribution in [3.8, 4) is 11.1 Å². The van der Waals surface area contributed by atoms with Crippen molar-refractivity contribution in [1.82, 2.24) is 10.2 Å². The lowest BCUT2D eigenvalue weighted by atomic mass is 9.98. The highest BCUT2D eigenvalue weighted by molar-refractivity contribution is 5.86. The molecule has 1 saturated heterocycles. The third kappa shape index (κ3) is 4.03. The average Bonchev–Trinajstić information content (AvgIpc) is 3.49. The number of benzene rings is 2. The molecule has 2 N–H and O–H groups in total. The summed E-state index contributed by atoms with van der Waals surface area (Å²) in [6, 6.07) is 15.3. The maximum atomic E-state index is 13.1. The van der Waals surface area contributed by atoms with Crippen LogP contribution in [0.1, 0.15) is 23.5 Å². The van der Waals surface area contributed by atoms with Gasteiger partial charge in [0.2, 0.25) is 5.91 Å². The largest absolute Gasteiger partial charge is 0.481 e. The number of piperidine rings is 1. The van der Waals surface area contributed by atoms with E-state index in [9.17, 15) is 19.5 Å². The molecule has 2 fully saturated rings. The lowest BCUT2D eigenvalue weighted by Crippen LogP contribution is -2.52. The van der Waals surface area contributed by atoms with Gasteiger partial charge in [0, 0.05) is 26.1 Å². The van der Waals surface area contributed by atoms with Crippen LogP contribution in [0.15, 0.2) is 48.5 Å². The molecule has 178 valence electrons. The monoisotopic (exact) mass is 464 g/mol. The zero-order chi connectivity index (χ0) is 23.8. The Balaban J connectivity index is 1.21. The fourth-order valence-electron chi connectivity index (χ4n) is 5.65. The summed E-state index contributed by atoms with van der Waals surface area (Å²) < 4.78 is 10.8. The van der Waals surface area contributed by atoms with E-state index < -0.39 is 18.1 Å². The third-order valence-electron chi connectivity index (χ3n) is 7.36. The first kappa shape index (κ1) is 22.4. The van der Waals surface area contributed by atoms with Crippen molar-refractivity contribution in [2.75, 3.05) is 33.4 Å². The molecule has 4 atom stereocenters. The van der Waals surface area contributed by atoms with E-state index in [1.807, 2.05) is 36.4 Å². The first-order chi connectivity index (χ1) is 16.5. The van der Waals surface area contributed by atoms with Crippen LogP contribution in [0, 0.1) is 17.8 Å². The molecule has 2 aliphatic carbocycles. The van der Waals surface area contributed by atoms with Crippen LogP contribution in [0.2, 0.25) is 0 Å². The number of carbonyl (C=O) groups is 3. The molecule has 8 nitrogen and oxygen atoms in total. The second-order valence-electron chi connectivity index (χ2n) is 9.24. The standard InChI is InChI=1S/C26H28N2O6/c1-33-14-22(24(29)28-11-10-19-20(12-28)23(19)25(30)31)27-26(32)34-13-21-17-8-4-2-6-15(17)16-7-3-5-9-18(16)21/h2-9,19-23H,10-14H2,1H3,(H,27,32)(H,30,31). The van der Waals surface area contributed by atoms with E-state index in [0.29, 0.717) is 19.5 Å². The van der Waals surface area contributed by atoms with Crippen LogP contribution in [0.25, 0.3) is 11.1 Å². The number of aliphatic carboxylic acids is 1. The van der Waals surface area contributed by atoms with Crippen LogP contribution in [0.4, 0.5) is 4.79 Å². The molecule has 1 saturated carbocycles. The van der Waals surface area contributed by atoms with E-state index >= 15 is 0 Å². The van der Waals surface area contributed by atoms with Gasteiger partial charge < -0.3 is 24.8 Å². The molecule has 34 heavy (non-hydrogen) atoms. The minimum absolute atomic E-state index is 0.00662. The summed E-state index contributed by atoms with van der Waals surface area (Å²) >= 11 is 0. The molecule has 8 heteroatoms. The van der Waals surface area contributed by atoms with Gasteiger partial charge in [0.25, 0.3) is 0 Å². The molecule has 0 bridgehead atoms. The van der Waals surface area contributed by atoms with Gasteiger partial charge in [-0.3, -0.25) is 9.59 Å². The quantitative estimate of drug-likeness (QED) is 0.653. The number of hydrogen-bond acceptors (Lipinski definition) is 5. The van der Waals surface area contributed by atoms with E-state index in [2.05, 4.69) is 17.4 Å². The first-order valence-electron chi connectivity index (χ1n) is 11.6. The molecule has 0 aromatic heterocycles. The van der Waals surface area contributed by atoms with Crippen molar-refractivity contribution in [2.45, 2.75) is 18.4 Å². The van der Waals surface area contributed by atoms with Gasteiger partial charge in [0.15, 0.2) is 0 Å². The maximum absolute atomic E-state index is 13.1. The molecular formula is C26H28N2O6. The number of carboxylic acid groups (broad SMARTS) is 1. The van der Waals surface area contributed by atoms with Gasteiger partial charge >= 0.3 is 12.1 Å². The van der Waals surface area contributed by atoms with Crippen LogP contribution in [0.3, 0.4) is 0 Å². The Bertz CT molecular complexity index is 1070. The fraction of sp³-hybridized carbons (Fsp3) is 0.423. The molecule has 2 amide bonds. The molecular weight excluding hydrogens is 436 g/mol. The number of rotatable bonds is 7. The molecule has 5 rings (SSSR count). The van der Waals surface area contributed by atoms with Gasteiger partial charge in [-0.2, -0.15) is 0 Å². The highest BCUT2D eigenvalue weighted by atomic mass is 16.5. The van der Waals surface area contributed by atoms with E-state index in [1.54, 1.807) is 4.90 Å². The third-order valence-corrected chi connectivity index (χ3v) is 7.36. The number of ether oxygens (including phenoxy) is 2. The molecule has 0 radical (unpaired) electrons. The summed E-state index contributed by atoms with van der Waals surface area (Å²) in [4.78, 5) is 38.7. The number of likely N-dealkylation sites (tertiary alicyclic amines) is 1. The molecule has 1 heterocycles. The van der Waals surface area contributed by atoms with Gasteiger partial charge in [-0.15, -0.1) is 0 Å². The van der Waals surface area contributed by atoms with Gasteiger partial charge in [-0.25, -0.2) is 4.79 Å². The minimum atomic E-state index is -0.890. The molecule has 4 unspecified atom stereocenters. The van der Waals surface area contributed by atoms with E-state index in [0.717, 1.165) is 22.3 Å². The van der Waals surface area contributed by atoms with Crippen molar-refractivity contribution in [3.63, 3.8) is 0 Å². The zero-order valence-electron chi connectivity index (χ0n) is 19.0. The zero-order valence-corrected chi connectivity index (χ0v) is 19.0. The maximum Gasteiger partial charge on any atom is 0.407 e. The number of methoxy groups -OCH3 is 1. The molecule has 0 spiro atoms. The van der Waals surface area contributed by atoms with Crippen LogP contribution >= 0.6 is 0 Å². The summed E-state index contributed by atoms with van der Waals surface area (Å²) in [5.74, 6) is -1.37. The highest BCUT2D eigenvalue weighted by Crippen LogP contribution is 2.51. The number of amides is 2. The van der Waals surface area contributed by atoms with Crippen molar-refractivity contribution in [3.05, 3.63) is 59.7 Å². The predicted octanol–water partition coefficient (Wildman–Crippen LogP) is 2.72. The SMILES string of the molecule is COCC(NC(=O)OCC1c2ccccc2-c2ccccc21)C(=O)N1CCC2C(C1)C2C(=O)O. The number of carbonyl (C=O) groups excluding carboxylic acids is 2. The lowest BCUT2D eigenvalue weighted by Gasteiger charge is -2.30. The number of nitrogens with one attached hydrogen (secondary N) is 1. The Morgan fingerprint density at radius 2 is 1.71 bits per heavy atom. The Labute approximate surface area is 197 Å². The van der Waals surface area contributed by atoms with Crippen LogP contribution in [-0.2, 0) is 19.1 Å². The summed E-state index contributed by atoms with van der Waals surface area (Å²) in [7, 11) is 1.47. The Morgan fingerprint density at radius 3 is 2.32 bits per heavy atom. The second kappa shape index (κ2) is 9.10. The van der Waals surface area contributed by atoms with E-state index in [-0.39, 0.29) is 42.8 Å². The molecule has 2 aromatic carbocycles. The Kier molecular flexibility index (Phi) is 6.00. The van der Waals surface area contributed by atoms with Crippen molar-refractivity contribution < 1.29 is 29.0 Å². The van der Waals surface area contributed by atoms with Crippen LogP contribution < -0.4 is 5.32 Å². The minimum Gasteiger partial charge on any atom is -0.481 e. The first-order valence-corrected chi connectivity index (χ1v) is 11.6. The summed E-state index contributed by atoms with van der Waals surface area (Å²) in [5.41, 5.74) is 4.51. The average molecular weight is 465 g/mol. The van der Waals surface area contributed by atoms with Crippen LogP contribution in [-0.4, -0.2) is 67.4 Å². The number of nitrogens with zero attached hydrogens (tertiary/aromatic N) is 1. The molecule has 1 aliphatic heterocycles. The highest BCUT2D eigenvalue weighted by Gasteiger charge is 2.57. The Morgan fingerprint density at radius 1 is 1.06 bits per heavy atom. The summed E-state index contributed by atoms with van der Waals surface area (Å²) in [6.45, 7) is 1.04. The fourth-order valence-corrected chi connectivity index (χ4v) is 5.65. The Hall–Kier alpha value is -3.39. The normalized spacial score (nSPS) is 23.3. The van der Waals surface area contributed by atoms with Crippen molar-refractivity contribution in [1.29, 1.82) is 0 Å². The second-order valence-corrected chi connectivity index (χ2v) is 9.24. The summed E-state index contributed by atoms with van der Waals surface area (Å²) in [6.07, 6.45) is -0.0140. The predicted molar refractivity (Wildman–Crippen MR) is 123 cm³/mol. The van der Waals surface area contributed by atoms with Gasteiger partial charge in [-0.1, -0.05) is 48.5 Å². The smallest absolute Gasteiger partial charge is 0.407 e. The van der Waals surface area contributed by atoms with Crippen molar-refractivity contribution in [2.24, 2.45) is 17.8 Å². The van der Waals surface area contributed by atoms with E-state index in [1.165, 1.54) is 7.11 Å². The number of fused-ring (bicyclic) bond motifs is 4. The number of hydrogen-bond donors (Lipinski definition) is 2. The summed E-state index contributed by atoms with van der Waals surface area (Å²) in [5, 5.41) is 12.0. The van der Waals surface area contributed by atoms with Crippen molar-refractivity contribution >= 4 is 18.0 Å².